The summed E-state index contributed by atoms with van der Waals surface area (Å²) in [6.07, 6.45) is 7.09. The number of aromatic amines is 1. The first kappa shape index (κ1) is 18.3. The lowest BCUT2D eigenvalue weighted by Crippen LogP contribution is -2.17. The van der Waals surface area contributed by atoms with Gasteiger partial charge in [-0.15, -0.1) is 0 Å². The van der Waals surface area contributed by atoms with Crippen LogP contribution < -0.4 is 4.74 Å². The van der Waals surface area contributed by atoms with Gasteiger partial charge in [-0.25, -0.2) is 0 Å². The highest BCUT2D eigenvalue weighted by atomic mass is 16.5. The molecule has 0 bridgehead atoms. The monoisotopic (exact) mass is 395 g/mol. The summed E-state index contributed by atoms with van der Waals surface area (Å²) in [6.45, 7) is 2.09. The number of ether oxygens (including phenoxy) is 1. The van der Waals surface area contributed by atoms with Crippen LogP contribution in [0.3, 0.4) is 0 Å². The molecule has 0 spiro atoms. The van der Waals surface area contributed by atoms with Crippen molar-refractivity contribution in [1.82, 2.24) is 20.2 Å². The molecule has 5 rings (SSSR count). The van der Waals surface area contributed by atoms with Gasteiger partial charge in [-0.3, -0.25) is 15.1 Å². The molecule has 0 radical (unpaired) electrons. The molecule has 6 heteroatoms. The Balaban J connectivity index is 1.49. The van der Waals surface area contributed by atoms with Crippen molar-refractivity contribution in [3.8, 4) is 23.1 Å². The number of aryl methyl sites for hydroxylation is 2. The van der Waals surface area contributed by atoms with Crippen molar-refractivity contribution < 1.29 is 4.74 Å². The highest BCUT2D eigenvalue weighted by Gasteiger charge is 2.24. The van der Waals surface area contributed by atoms with Gasteiger partial charge < -0.3 is 4.74 Å². The summed E-state index contributed by atoms with van der Waals surface area (Å²) in [5.41, 5.74) is 6.59. The van der Waals surface area contributed by atoms with Gasteiger partial charge in [0.05, 0.1) is 16.8 Å². The molecular formula is C24H21N5O. The van der Waals surface area contributed by atoms with Crippen LogP contribution in [0.2, 0.25) is 0 Å². The number of benzene rings is 1. The maximum absolute atomic E-state index is 9.14. The number of aromatic nitrogens is 4. The average molecular weight is 395 g/mol. The molecule has 0 aliphatic heterocycles. The number of rotatable bonds is 4. The van der Waals surface area contributed by atoms with Gasteiger partial charge in [0.15, 0.2) is 0 Å². The highest BCUT2D eigenvalue weighted by molar-refractivity contribution is 5.93. The van der Waals surface area contributed by atoms with Crippen molar-refractivity contribution in [3.05, 3.63) is 71.3 Å². The van der Waals surface area contributed by atoms with E-state index in [1.807, 2.05) is 36.5 Å². The summed E-state index contributed by atoms with van der Waals surface area (Å²) in [5, 5.41) is 17.8. The van der Waals surface area contributed by atoms with Gasteiger partial charge in [0.1, 0.15) is 23.6 Å². The first-order valence-corrected chi connectivity index (χ1v) is 10.2. The zero-order valence-electron chi connectivity index (χ0n) is 16.7. The molecule has 3 heterocycles. The Bertz CT molecular complexity index is 1270. The Hall–Kier alpha value is -3.72. The number of nitriles is 1. The van der Waals surface area contributed by atoms with Gasteiger partial charge in [0.25, 0.3) is 0 Å². The van der Waals surface area contributed by atoms with E-state index in [0.29, 0.717) is 5.56 Å². The second-order valence-corrected chi connectivity index (χ2v) is 7.55. The molecule has 30 heavy (non-hydrogen) atoms. The normalized spacial score (nSPS) is 15.5. The first-order chi connectivity index (χ1) is 14.7. The first-order valence-electron chi connectivity index (χ1n) is 10.2. The Labute approximate surface area is 174 Å². The molecule has 1 unspecified atom stereocenters. The van der Waals surface area contributed by atoms with E-state index in [2.05, 4.69) is 39.2 Å². The van der Waals surface area contributed by atoms with E-state index in [9.17, 15) is 0 Å². The van der Waals surface area contributed by atoms with Gasteiger partial charge in [0, 0.05) is 29.0 Å². The molecule has 1 aromatic carbocycles. The van der Waals surface area contributed by atoms with Gasteiger partial charge in [-0.2, -0.15) is 10.4 Å². The number of nitrogens with zero attached hydrogens (tertiary/aromatic N) is 4. The van der Waals surface area contributed by atoms with Crippen LogP contribution in [-0.4, -0.2) is 20.2 Å². The highest BCUT2D eigenvalue weighted by Crippen LogP contribution is 2.35. The Kier molecular flexibility index (Phi) is 4.64. The van der Waals surface area contributed by atoms with E-state index >= 15 is 0 Å². The molecule has 4 aromatic rings. The molecule has 1 aliphatic rings. The zero-order valence-corrected chi connectivity index (χ0v) is 16.7. The van der Waals surface area contributed by atoms with Crippen molar-refractivity contribution in [2.45, 2.75) is 38.7 Å². The summed E-state index contributed by atoms with van der Waals surface area (Å²) >= 11 is 0. The molecular weight excluding hydrogens is 374 g/mol. The van der Waals surface area contributed by atoms with Crippen LogP contribution >= 0.6 is 0 Å². The predicted octanol–water partition coefficient (Wildman–Crippen LogP) is 4.91. The fourth-order valence-corrected chi connectivity index (χ4v) is 4.07. The zero-order chi connectivity index (χ0) is 20.5. The average Bonchev–Trinajstić information content (AvgIpc) is 3.22. The van der Waals surface area contributed by atoms with E-state index in [-0.39, 0.29) is 6.10 Å². The number of hydrogen-bond donors (Lipinski definition) is 1. The summed E-state index contributed by atoms with van der Waals surface area (Å²) in [6, 6.07) is 14.2. The SMILES string of the molecule is CCc1cc(-c2n[nH]c3ccc(OC4CCCc5cc(C#N)cnc54)cc23)ccn1. The predicted molar refractivity (Wildman–Crippen MR) is 114 cm³/mol. The van der Waals surface area contributed by atoms with E-state index in [0.717, 1.165) is 70.5 Å². The van der Waals surface area contributed by atoms with Crippen molar-refractivity contribution in [1.29, 1.82) is 5.26 Å². The van der Waals surface area contributed by atoms with Crippen LogP contribution in [0, 0.1) is 11.3 Å². The lowest BCUT2D eigenvalue weighted by Gasteiger charge is -2.25. The molecule has 3 aromatic heterocycles. The fraction of sp³-hybridized carbons (Fsp3) is 0.250. The summed E-state index contributed by atoms with van der Waals surface area (Å²) < 4.78 is 6.37. The van der Waals surface area contributed by atoms with Crippen LogP contribution in [0.1, 0.15) is 48.4 Å². The minimum absolute atomic E-state index is 0.109. The van der Waals surface area contributed by atoms with E-state index in [1.54, 1.807) is 6.20 Å². The van der Waals surface area contributed by atoms with Crippen molar-refractivity contribution >= 4 is 10.9 Å². The lowest BCUT2D eigenvalue weighted by atomic mass is 9.93. The van der Waals surface area contributed by atoms with E-state index < -0.39 is 0 Å². The Morgan fingerprint density at radius 3 is 3.00 bits per heavy atom. The Morgan fingerprint density at radius 2 is 2.13 bits per heavy atom. The third-order valence-corrected chi connectivity index (χ3v) is 5.61. The minimum atomic E-state index is -0.109. The van der Waals surface area contributed by atoms with Crippen LogP contribution in [0.5, 0.6) is 5.75 Å². The number of fused-ring (bicyclic) bond motifs is 2. The molecule has 0 fully saturated rings. The Morgan fingerprint density at radius 1 is 1.20 bits per heavy atom. The molecule has 1 atom stereocenters. The minimum Gasteiger partial charge on any atom is -0.484 e. The quantitative estimate of drug-likeness (QED) is 0.530. The number of nitrogens with one attached hydrogen (secondary N) is 1. The molecule has 0 saturated carbocycles. The van der Waals surface area contributed by atoms with Crippen molar-refractivity contribution in [3.63, 3.8) is 0 Å². The summed E-state index contributed by atoms with van der Waals surface area (Å²) in [7, 11) is 0. The lowest BCUT2D eigenvalue weighted by molar-refractivity contribution is 0.178. The largest absolute Gasteiger partial charge is 0.484 e. The van der Waals surface area contributed by atoms with Crippen LogP contribution in [0.25, 0.3) is 22.2 Å². The third-order valence-electron chi connectivity index (χ3n) is 5.61. The molecule has 6 nitrogen and oxygen atoms in total. The number of hydrogen-bond acceptors (Lipinski definition) is 5. The van der Waals surface area contributed by atoms with E-state index in [1.165, 1.54) is 0 Å². The maximum atomic E-state index is 9.14. The van der Waals surface area contributed by atoms with Crippen LogP contribution in [0.4, 0.5) is 0 Å². The van der Waals surface area contributed by atoms with Crippen LogP contribution in [-0.2, 0) is 12.8 Å². The fourth-order valence-electron chi connectivity index (χ4n) is 4.07. The summed E-state index contributed by atoms with van der Waals surface area (Å²) in [5.74, 6) is 0.791. The maximum Gasteiger partial charge on any atom is 0.141 e. The third kappa shape index (κ3) is 3.29. The van der Waals surface area contributed by atoms with E-state index in [4.69, 9.17) is 10.00 Å². The second kappa shape index (κ2) is 7.60. The van der Waals surface area contributed by atoms with Crippen molar-refractivity contribution in [2.24, 2.45) is 0 Å². The number of pyridine rings is 2. The second-order valence-electron chi connectivity index (χ2n) is 7.55. The van der Waals surface area contributed by atoms with Crippen LogP contribution in [0.15, 0.2) is 48.8 Å². The standard InChI is InChI=1S/C24H21N5O/c1-2-18-11-17(8-9-26-18)23-20-12-19(6-7-21(20)28-29-23)30-22-5-3-4-16-10-15(13-25)14-27-24(16)22/h6-12,14,22H,2-5H2,1H3,(H,28,29). The molecule has 1 N–H and O–H groups in total. The topological polar surface area (TPSA) is 87.5 Å². The number of H-pyrrole nitrogens is 1. The molecule has 1 aliphatic carbocycles. The summed E-state index contributed by atoms with van der Waals surface area (Å²) in [4.78, 5) is 8.92. The molecule has 0 amide bonds. The van der Waals surface area contributed by atoms with Gasteiger partial charge in [0.2, 0.25) is 0 Å². The molecule has 0 saturated heterocycles. The van der Waals surface area contributed by atoms with Gasteiger partial charge in [-0.1, -0.05) is 6.92 Å². The van der Waals surface area contributed by atoms with Gasteiger partial charge >= 0.3 is 0 Å². The van der Waals surface area contributed by atoms with Gasteiger partial charge in [-0.05, 0) is 67.6 Å². The smallest absolute Gasteiger partial charge is 0.141 e. The van der Waals surface area contributed by atoms with Crippen molar-refractivity contribution in [2.75, 3.05) is 0 Å². The molecule has 148 valence electrons.